The third-order valence-corrected chi connectivity index (χ3v) is 5.55. The minimum absolute atomic E-state index is 0.110. The van der Waals surface area contributed by atoms with Gasteiger partial charge in [0.25, 0.3) is 0 Å². The van der Waals surface area contributed by atoms with Crippen molar-refractivity contribution in [3.05, 3.63) is 0 Å². The van der Waals surface area contributed by atoms with Gasteiger partial charge in [-0.15, -0.1) is 0 Å². The van der Waals surface area contributed by atoms with Gasteiger partial charge in [-0.3, -0.25) is 4.79 Å². The molecule has 118 valence electrons. The van der Waals surface area contributed by atoms with E-state index in [1.807, 2.05) is 20.8 Å². The van der Waals surface area contributed by atoms with Gasteiger partial charge in [0.2, 0.25) is 0 Å². The third kappa shape index (κ3) is 4.64. The fourth-order valence-electron chi connectivity index (χ4n) is 2.59. The van der Waals surface area contributed by atoms with E-state index in [9.17, 15) is 9.90 Å². The van der Waals surface area contributed by atoms with Crippen LogP contribution in [0, 0.1) is 0 Å². The number of rotatable bonds is 8. The lowest BCUT2D eigenvalue weighted by Gasteiger charge is -2.28. The number of ether oxygens (including phenoxy) is 1. The van der Waals surface area contributed by atoms with Gasteiger partial charge in [-0.05, 0) is 46.1 Å². The van der Waals surface area contributed by atoms with Gasteiger partial charge in [0, 0.05) is 10.5 Å². The van der Waals surface area contributed by atoms with Gasteiger partial charge in [0.15, 0.2) is 0 Å². The zero-order chi connectivity index (χ0) is 15.2. The van der Waals surface area contributed by atoms with Crippen LogP contribution in [0.15, 0.2) is 0 Å². The van der Waals surface area contributed by atoms with Crippen LogP contribution in [0.3, 0.4) is 0 Å². The maximum absolute atomic E-state index is 12.3. The van der Waals surface area contributed by atoms with Crippen molar-refractivity contribution in [2.45, 2.75) is 75.5 Å². The lowest BCUT2D eigenvalue weighted by molar-refractivity contribution is -0.151. The van der Waals surface area contributed by atoms with Crippen LogP contribution >= 0.6 is 11.8 Å². The quantitative estimate of drug-likeness (QED) is 0.674. The zero-order valence-electron chi connectivity index (χ0n) is 13.1. The smallest absolute Gasteiger partial charge is 0.326 e. The molecule has 0 aliphatic heterocycles. The van der Waals surface area contributed by atoms with Crippen molar-refractivity contribution in [3.63, 3.8) is 0 Å². The van der Waals surface area contributed by atoms with Gasteiger partial charge >= 0.3 is 5.97 Å². The summed E-state index contributed by atoms with van der Waals surface area (Å²) in [7, 11) is 0. The summed E-state index contributed by atoms with van der Waals surface area (Å²) >= 11 is 1.79. The van der Waals surface area contributed by atoms with Crippen LogP contribution < -0.4 is 5.32 Å². The molecule has 4 nitrogen and oxygen atoms in total. The molecule has 5 heteroatoms. The fraction of sp³-hybridized carbons (Fsp3) is 0.933. The van der Waals surface area contributed by atoms with Crippen molar-refractivity contribution in [1.82, 2.24) is 5.32 Å². The number of hydrogen-bond donors (Lipinski definition) is 2. The summed E-state index contributed by atoms with van der Waals surface area (Å²) < 4.78 is 5.27. The Morgan fingerprint density at radius 3 is 2.75 bits per heavy atom. The molecule has 0 radical (unpaired) electrons. The molecule has 4 unspecified atom stereocenters. The van der Waals surface area contributed by atoms with E-state index in [1.54, 1.807) is 11.8 Å². The normalized spacial score (nSPS) is 29.1. The van der Waals surface area contributed by atoms with Crippen molar-refractivity contribution in [2.24, 2.45) is 0 Å². The number of esters is 1. The number of nitrogens with one attached hydrogen (secondary N) is 1. The Morgan fingerprint density at radius 2 is 2.20 bits per heavy atom. The van der Waals surface area contributed by atoms with Crippen LogP contribution in [-0.2, 0) is 9.53 Å². The Balaban J connectivity index is 2.65. The van der Waals surface area contributed by atoms with Gasteiger partial charge in [0.05, 0.1) is 12.7 Å². The van der Waals surface area contributed by atoms with E-state index >= 15 is 0 Å². The first kappa shape index (κ1) is 17.8. The molecule has 1 fully saturated rings. The Bertz CT molecular complexity index is 311. The summed E-state index contributed by atoms with van der Waals surface area (Å²) in [5.74, 6) is -0.110. The molecule has 4 atom stereocenters. The second-order valence-electron chi connectivity index (χ2n) is 5.68. The highest BCUT2D eigenvalue weighted by Crippen LogP contribution is 2.40. The van der Waals surface area contributed by atoms with E-state index < -0.39 is 5.54 Å². The number of aliphatic hydroxyl groups excluding tert-OH is 1. The Kier molecular flexibility index (Phi) is 7.34. The van der Waals surface area contributed by atoms with E-state index in [4.69, 9.17) is 4.74 Å². The van der Waals surface area contributed by atoms with Crippen LogP contribution in [0.4, 0.5) is 0 Å². The summed E-state index contributed by atoms with van der Waals surface area (Å²) in [5, 5.41) is 13.6. The maximum Gasteiger partial charge on any atom is 0.326 e. The van der Waals surface area contributed by atoms with E-state index in [2.05, 4.69) is 12.2 Å². The van der Waals surface area contributed by atoms with E-state index in [0.717, 1.165) is 32.2 Å². The van der Waals surface area contributed by atoms with E-state index in [-0.39, 0.29) is 17.3 Å². The first-order chi connectivity index (χ1) is 9.45. The lowest BCUT2D eigenvalue weighted by atomic mass is 9.97. The van der Waals surface area contributed by atoms with Gasteiger partial charge in [0.1, 0.15) is 5.54 Å². The number of carbonyl (C=O) groups excluding carboxylic acids is 1. The highest BCUT2D eigenvalue weighted by molar-refractivity contribution is 8.00. The molecule has 2 N–H and O–H groups in total. The number of aliphatic hydroxyl groups is 1. The second-order valence-corrected chi connectivity index (χ2v) is 7.36. The molecule has 0 aromatic carbocycles. The largest absolute Gasteiger partial charge is 0.465 e. The second kappa shape index (κ2) is 8.25. The molecule has 0 aromatic rings. The average Bonchev–Trinajstić information content (AvgIpc) is 2.81. The molecule has 0 amide bonds. The Hall–Kier alpha value is -0.260. The molecule has 0 spiro atoms. The van der Waals surface area contributed by atoms with Gasteiger partial charge in [-0.2, -0.15) is 11.8 Å². The SMILES string of the molecule is CCCNC1(C(=O)OCC)CCC(SC(C)C(C)O)C1. The van der Waals surface area contributed by atoms with Crippen LogP contribution in [0.2, 0.25) is 0 Å². The van der Waals surface area contributed by atoms with E-state index in [0.29, 0.717) is 11.9 Å². The summed E-state index contributed by atoms with van der Waals surface area (Å²) in [5.41, 5.74) is -0.512. The molecule has 0 saturated heterocycles. The molecule has 0 aromatic heterocycles. The van der Waals surface area contributed by atoms with Crippen molar-refractivity contribution < 1.29 is 14.6 Å². The summed E-state index contributed by atoms with van der Waals surface area (Å²) in [4.78, 5) is 12.3. The van der Waals surface area contributed by atoms with Crippen LogP contribution in [0.1, 0.15) is 53.4 Å². The molecular weight excluding hydrogens is 274 g/mol. The van der Waals surface area contributed by atoms with Crippen molar-refractivity contribution in [3.8, 4) is 0 Å². The molecular formula is C15H29NO3S. The standard InChI is InChI=1S/C15H29NO3S/c1-5-9-16-15(14(18)19-6-2)8-7-13(10-15)20-12(4)11(3)17/h11-13,16-17H,5-10H2,1-4H3. The molecule has 1 aliphatic rings. The van der Waals surface area contributed by atoms with Crippen LogP contribution in [0.25, 0.3) is 0 Å². The van der Waals surface area contributed by atoms with Gasteiger partial charge in [-0.25, -0.2) is 0 Å². The number of carbonyl (C=O) groups is 1. The minimum Gasteiger partial charge on any atom is -0.465 e. The number of thioether (sulfide) groups is 1. The third-order valence-electron chi connectivity index (χ3n) is 3.94. The van der Waals surface area contributed by atoms with Crippen molar-refractivity contribution >= 4 is 17.7 Å². The highest BCUT2D eigenvalue weighted by atomic mass is 32.2. The summed E-state index contributed by atoms with van der Waals surface area (Å²) in [6, 6.07) is 0. The zero-order valence-corrected chi connectivity index (χ0v) is 14.0. The molecule has 1 saturated carbocycles. The first-order valence-electron chi connectivity index (χ1n) is 7.71. The molecule has 20 heavy (non-hydrogen) atoms. The number of hydrogen-bond acceptors (Lipinski definition) is 5. The molecule has 1 rings (SSSR count). The predicted octanol–water partition coefficient (Wildman–Crippen LogP) is 2.34. The highest BCUT2D eigenvalue weighted by Gasteiger charge is 2.46. The molecule has 0 bridgehead atoms. The Labute approximate surface area is 127 Å². The van der Waals surface area contributed by atoms with E-state index in [1.165, 1.54) is 0 Å². The van der Waals surface area contributed by atoms with Crippen molar-refractivity contribution in [2.75, 3.05) is 13.2 Å². The fourth-order valence-corrected chi connectivity index (χ4v) is 4.05. The predicted molar refractivity (Wildman–Crippen MR) is 84.0 cm³/mol. The maximum atomic E-state index is 12.3. The monoisotopic (exact) mass is 303 g/mol. The molecule has 1 aliphatic carbocycles. The van der Waals surface area contributed by atoms with Crippen LogP contribution in [-0.4, -0.2) is 46.4 Å². The average molecular weight is 303 g/mol. The lowest BCUT2D eigenvalue weighted by Crippen LogP contribution is -2.51. The summed E-state index contributed by atoms with van der Waals surface area (Å²) in [6.07, 6.45) is 3.31. The van der Waals surface area contributed by atoms with Crippen LogP contribution in [0.5, 0.6) is 0 Å². The Morgan fingerprint density at radius 1 is 1.50 bits per heavy atom. The minimum atomic E-state index is -0.512. The van der Waals surface area contributed by atoms with Crippen molar-refractivity contribution in [1.29, 1.82) is 0 Å². The molecule has 0 heterocycles. The summed E-state index contributed by atoms with van der Waals surface area (Å²) in [6.45, 7) is 9.07. The van der Waals surface area contributed by atoms with Gasteiger partial charge < -0.3 is 15.2 Å². The topological polar surface area (TPSA) is 58.6 Å². The first-order valence-corrected chi connectivity index (χ1v) is 8.65. The van der Waals surface area contributed by atoms with Gasteiger partial charge in [-0.1, -0.05) is 13.8 Å².